The van der Waals surface area contributed by atoms with Gasteiger partial charge in [0, 0.05) is 12.1 Å². The summed E-state index contributed by atoms with van der Waals surface area (Å²) in [6.07, 6.45) is 5.47. The molecule has 2 fully saturated rings. The zero-order valence-corrected chi connectivity index (χ0v) is 23.8. The predicted octanol–water partition coefficient (Wildman–Crippen LogP) is 3.60. The molecule has 0 radical (unpaired) electrons. The van der Waals surface area contributed by atoms with E-state index in [9.17, 15) is 13.2 Å². The fourth-order valence-corrected chi connectivity index (χ4v) is 8.26. The molecule has 2 heterocycles. The van der Waals surface area contributed by atoms with Gasteiger partial charge in [-0.3, -0.25) is 4.79 Å². The molecule has 0 bridgehead atoms. The molecule has 8 heteroatoms. The van der Waals surface area contributed by atoms with E-state index in [-0.39, 0.29) is 24.6 Å². The predicted molar refractivity (Wildman–Crippen MR) is 151 cm³/mol. The molecule has 38 heavy (non-hydrogen) atoms. The van der Waals surface area contributed by atoms with Crippen LogP contribution in [0.3, 0.4) is 0 Å². The van der Waals surface area contributed by atoms with Gasteiger partial charge >= 0.3 is 0 Å². The van der Waals surface area contributed by atoms with Crippen LogP contribution >= 0.6 is 0 Å². The van der Waals surface area contributed by atoms with Gasteiger partial charge in [0.25, 0.3) is 0 Å². The van der Waals surface area contributed by atoms with Crippen molar-refractivity contribution in [3.63, 3.8) is 0 Å². The molecule has 2 aromatic rings. The summed E-state index contributed by atoms with van der Waals surface area (Å²) in [7, 11) is -3.85. The van der Waals surface area contributed by atoms with E-state index in [1.54, 1.807) is 0 Å². The van der Waals surface area contributed by atoms with Gasteiger partial charge in [-0.1, -0.05) is 54.4 Å². The van der Waals surface area contributed by atoms with E-state index in [4.69, 9.17) is 4.74 Å². The van der Waals surface area contributed by atoms with Crippen LogP contribution in [0.1, 0.15) is 54.4 Å². The van der Waals surface area contributed by atoms with Crippen molar-refractivity contribution in [2.75, 3.05) is 26.2 Å². The minimum absolute atomic E-state index is 0.0502. The van der Waals surface area contributed by atoms with E-state index in [2.05, 4.69) is 28.1 Å². The Morgan fingerprint density at radius 1 is 1.03 bits per heavy atom. The monoisotopic (exact) mass is 541 g/mol. The minimum atomic E-state index is -3.85. The van der Waals surface area contributed by atoms with Crippen molar-refractivity contribution in [2.24, 2.45) is 5.92 Å². The van der Waals surface area contributed by atoms with Gasteiger partial charge in [-0.2, -0.15) is 0 Å². The molecular formula is C30H43N3O4S. The third kappa shape index (κ3) is 7.23. The van der Waals surface area contributed by atoms with E-state index in [0.29, 0.717) is 28.4 Å². The van der Waals surface area contributed by atoms with Gasteiger partial charge in [0.1, 0.15) is 6.61 Å². The van der Waals surface area contributed by atoms with Crippen molar-refractivity contribution in [1.82, 2.24) is 16.0 Å². The molecule has 2 aliphatic heterocycles. The van der Waals surface area contributed by atoms with Crippen LogP contribution < -0.4 is 16.0 Å². The van der Waals surface area contributed by atoms with Gasteiger partial charge in [-0.25, -0.2) is 8.42 Å². The van der Waals surface area contributed by atoms with Crippen molar-refractivity contribution < 1.29 is 17.9 Å². The molecular weight excluding hydrogens is 498 g/mol. The largest absolute Gasteiger partial charge is 0.351 e. The number of sulfone groups is 1. The van der Waals surface area contributed by atoms with Crippen molar-refractivity contribution in [3.05, 3.63) is 64.7 Å². The lowest BCUT2D eigenvalue weighted by atomic mass is 9.87. The summed E-state index contributed by atoms with van der Waals surface area (Å²) in [5, 5.41) is 10.00. The van der Waals surface area contributed by atoms with Crippen LogP contribution in [0.15, 0.2) is 47.4 Å². The maximum Gasteiger partial charge on any atom is 0.246 e. The Balaban J connectivity index is 1.51. The highest BCUT2D eigenvalue weighted by Gasteiger charge is 2.38. The van der Waals surface area contributed by atoms with Crippen LogP contribution in [0, 0.1) is 26.7 Å². The molecule has 4 rings (SSSR count). The molecule has 2 aromatic carbocycles. The summed E-state index contributed by atoms with van der Waals surface area (Å²) >= 11 is 0. The van der Waals surface area contributed by atoms with Crippen LogP contribution in [0.5, 0.6) is 0 Å². The first-order valence-electron chi connectivity index (χ1n) is 14.0. The summed E-state index contributed by atoms with van der Waals surface area (Å²) < 4.78 is 34.1. The second-order valence-corrected chi connectivity index (χ2v) is 12.9. The standard InChI is InChI=1S/C30H43N3O4S/c1-21-16-22(2)29(23(3)17-21)38(35,36)30(26-13-7-8-15-32-26)37-20-28(34)33-27(25-12-9-14-31-19-25)18-24-10-5-4-6-11-24/h4-6,10-11,16-17,25-27,30-32H,7-9,12-15,18-20H2,1-3H3,(H,33,34). The number of hydrogen-bond donors (Lipinski definition) is 3. The number of ether oxygens (including phenoxy) is 1. The molecule has 3 N–H and O–H groups in total. The summed E-state index contributed by atoms with van der Waals surface area (Å²) in [4.78, 5) is 13.6. The highest BCUT2D eigenvalue weighted by Crippen LogP contribution is 2.29. The number of piperidine rings is 2. The fraction of sp³-hybridized carbons (Fsp3) is 0.567. The second-order valence-electron chi connectivity index (χ2n) is 11.0. The third-order valence-electron chi connectivity index (χ3n) is 7.80. The summed E-state index contributed by atoms with van der Waals surface area (Å²) in [5.74, 6) is 0.0372. The van der Waals surface area contributed by atoms with Crippen LogP contribution in [0.4, 0.5) is 0 Å². The molecule has 7 nitrogen and oxygen atoms in total. The first-order chi connectivity index (χ1) is 18.3. The minimum Gasteiger partial charge on any atom is -0.351 e. The van der Waals surface area contributed by atoms with Crippen molar-refractivity contribution in [2.45, 2.75) is 81.7 Å². The molecule has 208 valence electrons. The van der Waals surface area contributed by atoms with Crippen LogP contribution in [-0.2, 0) is 25.8 Å². The number of nitrogens with one attached hydrogen (secondary N) is 3. The molecule has 2 saturated heterocycles. The smallest absolute Gasteiger partial charge is 0.246 e. The van der Waals surface area contributed by atoms with Crippen LogP contribution in [0.25, 0.3) is 0 Å². The lowest BCUT2D eigenvalue weighted by Gasteiger charge is -2.33. The average molecular weight is 542 g/mol. The van der Waals surface area contributed by atoms with Gasteiger partial charge in [0.15, 0.2) is 5.44 Å². The second kappa shape index (κ2) is 13.2. The lowest BCUT2D eigenvalue weighted by molar-refractivity contribution is -0.127. The molecule has 0 spiro atoms. The van der Waals surface area contributed by atoms with E-state index in [1.165, 1.54) is 5.56 Å². The van der Waals surface area contributed by atoms with Crippen molar-refractivity contribution in [1.29, 1.82) is 0 Å². The van der Waals surface area contributed by atoms with Gasteiger partial charge in [-0.15, -0.1) is 0 Å². The maximum atomic E-state index is 14.0. The summed E-state index contributed by atoms with van der Waals surface area (Å²) in [5.41, 5.74) is 2.49. The Morgan fingerprint density at radius 2 is 1.76 bits per heavy atom. The Bertz CT molecular complexity index is 1150. The van der Waals surface area contributed by atoms with Crippen molar-refractivity contribution >= 4 is 15.7 Å². The van der Waals surface area contributed by atoms with Gasteiger partial charge in [-0.05, 0) is 95.1 Å². The Labute approximate surface area is 228 Å². The maximum absolute atomic E-state index is 14.0. The number of carbonyl (C=O) groups is 1. The SMILES string of the molecule is Cc1cc(C)c(S(=O)(=O)C(OCC(=O)NC(Cc2ccccc2)C2CCCNC2)C2CCCCN2)c(C)c1. The average Bonchev–Trinajstić information content (AvgIpc) is 2.89. The zero-order valence-electron chi connectivity index (χ0n) is 23.0. The number of hydrogen-bond acceptors (Lipinski definition) is 6. The Kier molecular flexibility index (Phi) is 9.98. The van der Waals surface area contributed by atoms with E-state index >= 15 is 0 Å². The molecule has 0 aliphatic carbocycles. The number of benzene rings is 2. The first-order valence-corrected chi connectivity index (χ1v) is 15.5. The van der Waals surface area contributed by atoms with Crippen molar-refractivity contribution in [3.8, 4) is 0 Å². The van der Waals surface area contributed by atoms with Crippen LogP contribution in [-0.4, -0.2) is 58.1 Å². The van der Waals surface area contributed by atoms with E-state index in [1.807, 2.05) is 51.1 Å². The highest BCUT2D eigenvalue weighted by molar-refractivity contribution is 7.92. The third-order valence-corrected chi connectivity index (χ3v) is 10.1. The van der Waals surface area contributed by atoms with Crippen LogP contribution in [0.2, 0.25) is 0 Å². The summed E-state index contributed by atoms with van der Waals surface area (Å²) in [6.45, 7) is 7.92. The normalized spacial score (nSPS) is 22.0. The zero-order chi connectivity index (χ0) is 27.1. The molecule has 4 atom stereocenters. The molecule has 1 amide bonds. The summed E-state index contributed by atoms with van der Waals surface area (Å²) in [6, 6.07) is 13.6. The van der Waals surface area contributed by atoms with Gasteiger partial charge in [0.05, 0.1) is 4.90 Å². The highest BCUT2D eigenvalue weighted by atomic mass is 32.2. The molecule has 2 aliphatic rings. The quantitative estimate of drug-likeness (QED) is 0.425. The Hall–Kier alpha value is -2.26. The molecule has 0 aromatic heterocycles. The van der Waals surface area contributed by atoms with E-state index in [0.717, 1.165) is 57.3 Å². The lowest BCUT2D eigenvalue weighted by Crippen LogP contribution is -2.51. The van der Waals surface area contributed by atoms with E-state index < -0.39 is 15.3 Å². The first kappa shape index (κ1) is 28.7. The number of amides is 1. The van der Waals surface area contributed by atoms with Gasteiger partial charge in [0.2, 0.25) is 15.7 Å². The van der Waals surface area contributed by atoms with Gasteiger partial charge < -0.3 is 20.7 Å². The fourth-order valence-electron chi connectivity index (χ4n) is 6.10. The Morgan fingerprint density at radius 3 is 2.39 bits per heavy atom. The molecule has 4 unspecified atom stereocenters. The molecule has 0 saturated carbocycles. The number of carbonyl (C=O) groups excluding carboxylic acids is 1. The number of rotatable bonds is 10. The topological polar surface area (TPSA) is 96.5 Å². The number of aryl methyl sites for hydroxylation is 3.